The van der Waals surface area contributed by atoms with Gasteiger partial charge < -0.3 is 10.1 Å². The van der Waals surface area contributed by atoms with Crippen LogP contribution in [0.3, 0.4) is 0 Å². The Morgan fingerprint density at radius 3 is 2.29 bits per heavy atom. The summed E-state index contributed by atoms with van der Waals surface area (Å²) in [4.78, 5) is 28.0. The molecule has 0 bridgehead atoms. The lowest BCUT2D eigenvalue weighted by Crippen LogP contribution is -2.25. The van der Waals surface area contributed by atoms with Crippen LogP contribution in [0.4, 0.5) is 5.69 Å². The van der Waals surface area contributed by atoms with E-state index in [-0.39, 0.29) is 11.8 Å². The number of rotatable bonds is 8. The molecule has 21 heavy (non-hydrogen) atoms. The fourth-order valence-electron chi connectivity index (χ4n) is 1.72. The van der Waals surface area contributed by atoms with Crippen LogP contribution in [0, 0.1) is 0 Å². The number of unbranched alkanes of at least 4 members (excludes halogenated alkanes) is 1. The maximum absolute atomic E-state index is 11.7. The number of methoxy groups -OCH3 is 1. The number of amides is 2. The van der Waals surface area contributed by atoms with E-state index in [9.17, 15) is 9.59 Å². The molecule has 0 aromatic heterocycles. The van der Waals surface area contributed by atoms with Crippen molar-refractivity contribution in [3.63, 3.8) is 0 Å². The van der Waals surface area contributed by atoms with Crippen LogP contribution in [-0.4, -0.2) is 38.1 Å². The Morgan fingerprint density at radius 1 is 1.10 bits per heavy atom. The van der Waals surface area contributed by atoms with Crippen LogP contribution < -0.4 is 10.1 Å². The average molecular weight is 294 g/mol. The molecule has 1 aromatic rings. The third-order valence-electron chi connectivity index (χ3n) is 3.04. The summed E-state index contributed by atoms with van der Waals surface area (Å²) in [6.45, 7) is 0. The van der Waals surface area contributed by atoms with Gasteiger partial charge in [0, 0.05) is 25.6 Å². The molecule has 0 aliphatic carbocycles. The molecule has 6 heteroatoms. The van der Waals surface area contributed by atoms with Gasteiger partial charge in [-0.05, 0) is 37.1 Å². The maximum atomic E-state index is 11.7. The van der Waals surface area contributed by atoms with E-state index in [0.29, 0.717) is 25.7 Å². The molecule has 0 atom stereocenters. The zero-order valence-corrected chi connectivity index (χ0v) is 12.7. The molecular weight excluding hydrogens is 272 g/mol. The van der Waals surface area contributed by atoms with Gasteiger partial charge in [0.2, 0.25) is 11.8 Å². The van der Waals surface area contributed by atoms with Gasteiger partial charge in [-0.15, -0.1) is 0 Å². The lowest BCUT2D eigenvalue weighted by Gasteiger charge is -2.13. The first-order valence-electron chi connectivity index (χ1n) is 6.81. The van der Waals surface area contributed by atoms with E-state index in [1.165, 1.54) is 12.2 Å². The van der Waals surface area contributed by atoms with Crippen molar-refractivity contribution in [3.8, 4) is 5.75 Å². The molecule has 0 heterocycles. The molecule has 0 fully saturated rings. The predicted octanol–water partition coefficient (Wildman–Crippen LogP) is 2.21. The second-order valence-electron chi connectivity index (χ2n) is 4.56. The number of hydroxylamine groups is 2. The summed E-state index contributed by atoms with van der Waals surface area (Å²) >= 11 is 0. The van der Waals surface area contributed by atoms with Gasteiger partial charge in [0.1, 0.15) is 5.75 Å². The SMILES string of the molecule is COc1ccc(NC(=O)CCCCC(=O)N(C)OC)cc1. The van der Waals surface area contributed by atoms with Gasteiger partial charge in [0.15, 0.2) is 0 Å². The van der Waals surface area contributed by atoms with E-state index in [0.717, 1.165) is 11.4 Å². The summed E-state index contributed by atoms with van der Waals surface area (Å²) in [5.41, 5.74) is 0.732. The van der Waals surface area contributed by atoms with Gasteiger partial charge in [-0.3, -0.25) is 14.4 Å². The van der Waals surface area contributed by atoms with Crippen LogP contribution >= 0.6 is 0 Å². The molecule has 0 aliphatic rings. The molecule has 0 aliphatic heterocycles. The fourth-order valence-corrected chi connectivity index (χ4v) is 1.72. The van der Waals surface area contributed by atoms with E-state index in [1.54, 1.807) is 38.4 Å². The summed E-state index contributed by atoms with van der Waals surface area (Å²) < 4.78 is 5.05. The highest BCUT2D eigenvalue weighted by atomic mass is 16.7. The van der Waals surface area contributed by atoms with Crippen molar-refractivity contribution in [3.05, 3.63) is 24.3 Å². The molecule has 6 nitrogen and oxygen atoms in total. The van der Waals surface area contributed by atoms with Crippen molar-refractivity contribution in [1.29, 1.82) is 0 Å². The first-order valence-corrected chi connectivity index (χ1v) is 6.81. The van der Waals surface area contributed by atoms with Crippen LogP contribution in [0.5, 0.6) is 5.75 Å². The number of ether oxygens (including phenoxy) is 1. The van der Waals surface area contributed by atoms with E-state index in [4.69, 9.17) is 9.57 Å². The second kappa shape index (κ2) is 8.97. The second-order valence-corrected chi connectivity index (χ2v) is 4.56. The predicted molar refractivity (Wildman–Crippen MR) is 79.9 cm³/mol. The molecule has 116 valence electrons. The standard InChI is InChI=1S/C15H22N2O4/c1-17(21-3)15(19)7-5-4-6-14(18)16-12-8-10-13(20-2)11-9-12/h8-11H,4-7H2,1-3H3,(H,16,18). The van der Waals surface area contributed by atoms with Crippen molar-refractivity contribution in [2.75, 3.05) is 26.6 Å². The highest BCUT2D eigenvalue weighted by Crippen LogP contribution is 2.15. The van der Waals surface area contributed by atoms with Crippen LogP contribution in [0.1, 0.15) is 25.7 Å². The number of carbonyl (C=O) groups excluding carboxylic acids is 2. The molecule has 0 unspecified atom stereocenters. The topological polar surface area (TPSA) is 67.9 Å². The minimum Gasteiger partial charge on any atom is -0.497 e. The minimum atomic E-state index is -0.0898. The Hall–Kier alpha value is -2.08. The van der Waals surface area contributed by atoms with Crippen LogP contribution in [-0.2, 0) is 14.4 Å². The zero-order chi connectivity index (χ0) is 15.7. The Kier molecular flexibility index (Phi) is 7.25. The average Bonchev–Trinajstić information content (AvgIpc) is 2.51. The van der Waals surface area contributed by atoms with Crippen molar-refractivity contribution >= 4 is 17.5 Å². The number of hydrogen-bond acceptors (Lipinski definition) is 4. The van der Waals surface area contributed by atoms with Crippen molar-refractivity contribution in [1.82, 2.24) is 5.06 Å². The Morgan fingerprint density at radius 2 is 1.71 bits per heavy atom. The van der Waals surface area contributed by atoms with Gasteiger partial charge in [0.05, 0.1) is 14.2 Å². The van der Waals surface area contributed by atoms with E-state index < -0.39 is 0 Å². The minimum absolute atomic E-state index is 0.0623. The monoisotopic (exact) mass is 294 g/mol. The van der Waals surface area contributed by atoms with Crippen molar-refractivity contribution in [2.45, 2.75) is 25.7 Å². The van der Waals surface area contributed by atoms with Crippen molar-refractivity contribution in [2.24, 2.45) is 0 Å². The Balaban J connectivity index is 2.23. The molecule has 1 N–H and O–H groups in total. The summed E-state index contributed by atoms with van der Waals surface area (Å²) in [6.07, 6.45) is 2.07. The molecule has 2 amide bonds. The molecule has 0 saturated heterocycles. The number of carbonyl (C=O) groups is 2. The van der Waals surface area contributed by atoms with Crippen LogP contribution in [0.2, 0.25) is 0 Å². The summed E-state index contributed by atoms with van der Waals surface area (Å²) in [5.74, 6) is 0.592. The quantitative estimate of drug-likeness (QED) is 0.589. The van der Waals surface area contributed by atoms with E-state index in [1.807, 2.05) is 0 Å². The Bertz CT molecular complexity index is 459. The Labute approximate surface area is 125 Å². The third-order valence-corrected chi connectivity index (χ3v) is 3.04. The highest BCUT2D eigenvalue weighted by molar-refractivity contribution is 5.90. The largest absolute Gasteiger partial charge is 0.497 e. The highest BCUT2D eigenvalue weighted by Gasteiger charge is 2.08. The normalized spacial score (nSPS) is 10.0. The molecule has 1 rings (SSSR count). The zero-order valence-electron chi connectivity index (χ0n) is 12.7. The summed E-state index contributed by atoms with van der Waals surface area (Å²) in [5, 5.41) is 3.99. The number of nitrogens with zero attached hydrogens (tertiary/aromatic N) is 1. The lowest BCUT2D eigenvalue weighted by atomic mass is 10.1. The molecule has 0 saturated carbocycles. The molecule has 0 radical (unpaired) electrons. The maximum Gasteiger partial charge on any atom is 0.245 e. The number of nitrogens with one attached hydrogen (secondary N) is 1. The molecular formula is C15H22N2O4. The van der Waals surface area contributed by atoms with Gasteiger partial charge >= 0.3 is 0 Å². The first-order chi connectivity index (χ1) is 10.1. The van der Waals surface area contributed by atoms with Gasteiger partial charge in [0.25, 0.3) is 0 Å². The molecule has 0 spiro atoms. The number of anilines is 1. The summed E-state index contributed by atoms with van der Waals surface area (Å²) in [7, 11) is 4.61. The smallest absolute Gasteiger partial charge is 0.245 e. The fraction of sp³-hybridized carbons (Fsp3) is 0.467. The van der Waals surface area contributed by atoms with Gasteiger partial charge in [-0.25, -0.2) is 5.06 Å². The van der Waals surface area contributed by atoms with Crippen LogP contribution in [0.25, 0.3) is 0 Å². The molecule has 1 aromatic carbocycles. The van der Waals surface area contributed by atoms with Crippen LogP contribution in [0.15, 0.2) is 24.3 Å². The first kappa shape index (κ1) is 17.0. The summed E-state index contributed by atoms with van der Waals surface area (Å²) in [6, 6.07) is 7.14. The van der Waals surface area contributed by atoms with Gasteiger partial charge in [-0.1, -0.05) is 0 Å². The number of hydrogen-bond donors (Lipinski definition) is 1. The number of benzene rings is 1. The third kappa shape index (κ3) is 6.27. The lowest BCUT2D eigenvalue weighted by molar-refractivity contribution is -0.168. The van der Waals surface area contributed by atoms with Gasteiger partial charge in [-0.2, -0.15) is 0 Å². The van der Waals surface area contributed by atoms with E-state index >= 15 is 0 Å². The van der Waals surface area contributed by atoms with Crippen molar-refractivity contribution < 1.29 is 19.2 Å². The van der Waals surface area contributed by atoms with E-state index in [2.05, 4.69) is 5.32 Å².